The van der Waals surface area contributed by atoms with Gasteiger partial charge in [-0.1, -0.05) is 24.3 Å². The molecule has 1 aliphatic carbocycles. The van der Waals surface area contributed by atoms with Gasteiger partial charge in [0.2, 0.25) is 5.91 Å². The number of hydrogen-bond acceptors (Lipinski definition) is 4. The predicted octanol–water partition coefficient (Wildman–Crippen LogP) is 3.84. The molecule has 4 rings (SSSR count). The number of fused-ring (bicyclic) bond motifs is 1. The number of carbonyl (C=O) groups is 2. The second-order valence-electron chi connectivity index (χ2n) is 6.14. The third kappa shape index (κ3) is 3.81. The first-order valence-corrected chi connectivity index (χ1v) is 9.25. The van der Waals surface area contributed by atoms with Crippen LogP contribution in [0.3, 0.4) is 0 Å². The topological polar surface area (TPSA) is 71.1 Å². The number of aromatic nitrogens is 1. The highest BCUT2D eigenvalue weighted by Gasteiger charge is 2.24. The normalized spacial score (nSPS) is 13.8. The fourth-order valence-corrected chi connectivity index (χ4v) is 3.43. The summed E-state index contributed by atoms with van der Waals surface area (Å²) in [5.74, 6) is -0.450. The Labute approximate surface area is 154 Å². The van der Waals surface area contributed by atoms with Gasteiger partial charge in [-0.05, 0) is 43.2 Å². The highest BCUT2D eigenvalue weighted by molar-refractivity contribution is 7.19. The zero-order valence-electron chi connectivity index (χ0n) is 13.9. The van der Waals surface area contributed by atoms with Crippen LogP contribution < -0.4 is 10.6 Å². The molecule has 0 aliphatic heterocycles. The summed E-state index contributed by atoms with van der Waals surface area (Å²) in [5.41, 5.74) is 1.89. The van der Waals surface area contributed by atoms with Crippen molar-refractivity contribution in [3.8, 4) is 0 Å². The van der Waals surface area contributed by atoms with Gasteiger partial charge in [-0.25, -0.2) is 4.98 Å². The Morgan fingerprint density at radius 2 is 1.85 bits per heavy atom. The minimum absolute atomic E-state index is 0.154. The largest absolute Gasteiger partial charge is 0.349 e. The van der Waals surface area contributed by atoms with Crippen molar-refractivity contribution in [2.24, 2.45) is 0 Å². The second kappa shape index (κ2) is 7.09. The molecule has 0 atom stereocenters. The van der Waals surface area contributed by atoms with E-state index in [1.807, 2.05) is 24.3 Å². The minimum Gasteiger partial charge on any atom is -0.349 e. The summed E-state index contributed by atoms with van der Waals surface area (Å²) in [6.45, 7) is 0. The molecule has 2 amide bonds. The fraction of sp³-hybridized carbons (Fsp3) is 0.150. The summed E-state index contributed by atoms with van der Waals surface area (Å²) in [4.78, 5) is 29.0. The number of para-hydroxylation sites is 2. The van der Waals surface area contributed by atoms with Gasteiger partial charge in [0.15, 0.2) is 0 Å². The molecule has 1 fully saturated rings. The van der Waals surface area contributed by atoms with Gasteiger partial charge < -0.3 is 10.6 Å². The van der Waals surface area contributed by atoms with Crippen LogP contribution in [0.1, 0.15) is 28.2 Å². The van der Waals surface area contributed by atoms with Gasteiger partial charge in [0.05, 0.1) is 21.5 Å². The summed E-state index contributed by atoms with van der Waals surface area (Å²) in [6.07, 6.45) is 5.16. The zero-order valence-corrected chi connectivity index (χ0v) is 14.8. The van der Waals surface area contributed by atoms with E-state index in [0.717, 1.165) is 28.1 Å². The first-order valence-electron chi connectivity index (χ1n) is 8.43. The Bertz CT molecular complexity index is 972. The van der Waals surface area contributed by atoms with Crippen LogP contribution in [0.25, 0.3) is 16.3 Å². The van der Waals surface area contributed by atoms with Gasteiger partial charge in [-0.15, -0.1) is 11.3 Å². The molecule has 1 saturated carbocycles. The quantitative estimate of drug-likeness (QED) is 0.677. The van der Waals surface area contributed by atoms with Crippen LogP contribution in [0, 0.1) is 0 Å². The highest BCUT2D eigenvalue weighted by atomic mass is 32.1. The molecular weight excluding hydrogens is 346 g/mol. The zero-order chi connectivity index (χ0) is 17.9. The molecule has 0 radical (unpaired) electrons. The molecule has 0 unspecified atom stereocenters. The molecule has 3 aromatic rings. The molecule has 0 saturated heterocycles. The van der Waals surface area contributed by atoms with Crippen LogP contribution in [0.4, 0.5) is 5.69 Å². The lowest BCUT2D eigenvalue weighted by molar-refractivity contribution is -0.111. The van der Waals surface area contributed by atoms with Gasteiger partial charge >= 0.3 is 0 Å². The third-order valence-corrected chi connectivity index (χ3v) is 5.03. The molecule has 2 N–H and O–H groups in total. The molecule has 1 aromatic heterocycles. The molecule has 0 bridgehead atoms. The van der Waals surface area contributed by atoms with E-state index in [1.165, 1.54) is 17.4 Å². The molecule has 1 aliphatic rings. The van der Waals surface area contributed by atoms with Crippen molar-refractivity contribution >= 4 is 45.1 Å². The maximum Gasteiger partial charge on any atom is 0.253 e. The van der Waals surface area contributed by atoms with E-state index in [4.69, 9.17) is 0 Å². The smallest absolute Gasteiger partial charge is 0.253 e. The lowest BCUT2D eigenvalue weighted by Gasteiger charge is -2.09. The molecule has 2 aromatic carbocycles. The van der Waals surface area contributed by atoms with Crippen molar-refractivity contribution in [3.63, 3.8) is 0 Å². The van der Waals surface area contributed by atoms with Crippen molar-refractivity contribution in [1.29, 1.82) is 0 Å². The number of thiazole rings is 1. The number of rotatable bonds is 5. The average molecular weight is 363 g/mol. The first-order chi connectivity index (χ1) is 12.7. The SMILES string of the molecule is O=C(/C=C/c1nc2ccccc2s1)Nc1ccccc1C(=O)NC1CC1. The van der Waals surface area contributed by atoms with E-state index < -0.39 is 0 Å². The van der Waals surface area contributed by atoms with E-state index in [1.54, 1.807) is 30.3 Å². The maximum atomic E-state index is 12.3. The third-order valence-electron chi connectivity index (χ3n) is 4.03. The van der Waals surface area contributed by atoms with Gasteiger partial charge in [0, 0.05) is 12.1 Å². The lowest BCUT2D eigenvalue weighted by Crippen LogP contribution is -2.26. The van der Waals surface area contributed by atoms with E-state index in [-0.39, 0.29) is 17.9 Å². The van der Waals surface area contributed by atoms with Crippen LogP contribution in [0.2, 0.25) is 0 Å². The molecule has 5 nitrogen and oxygen atoms in total. The Morgan fingerprint density at radius 1 is 1.08 bits per heavy atom. The van der Waals surface area contributed by atoms with Crippen LogP contribution in [-0.4, -0.2) is 22.8 Å². The Morgan fingerprint density at radius 3 is 2.65 bits per heavy atom. The summed E-state index contributed by atoms with van der Waals surface area (Å²) in [7, 11) is 0. The van der Waals surface area contributed by atoms with Crippen LogP contribution in [-0.2, 0) is 4.79 Å². The standard InChI is InChI=1S/C20H17N3O2S/c24-18(11-12-19-23-16-7-3-4-8-17(16)26-19)22-15-6-2-1-5-14(15)20(25)21-13-9-10-13/h1-8,11-13H,9-10H2,(H,21,25)(H,22,24)/b12-11+. The van der Waals surface area contributed by atoms with Crippen molar-refractivity contribution in [3.05, 3.63) is 65.2 Å². The van der Waals surface area contributed by atoms with E-state index in [0.29, 0.717) is 11.3 Å². The van der Waals surface area contributed by atoms with Crippen molar-refractivity contribution in [1.82, 2.24) is 10.3 Å². The fourth-order valence-electron chi connectivity index (χ4n) is 2.56. The van der Waals surface area contributed by atoms with Gasteiger partial charge in [0.1, 0.15) is 5.01 Å². The lowest BCUT2D eigenvalue weighted by atomic mass is 10.1. The number of hydrogen-bond donors (Lipinski definition) is 2. The monoisotopic (exact) mass is 363 g/mol. The number of nitrogens with one attached hydrogen (secondary N) is 2. The number of amides is 2. The van der Waals surface area contributed by atoms with Gasteiger partial charge in [-0.3, -0.25) is 9.59 Å². The van der Waals surface area contributed by atoms with Crippen molar-refractivity contribution < 1.29 is 9.59 Å². The second-order valence-corrected chi connectivity index (χ2v) is 7.20. The van der Waals surface area contributed by atoms with E-state index in [2.05, 4.69) is 15.6 Å². The van der Waals surface area contributed by atoms with E-state index >= 15 is 0 Å². The Kier molecular flexibility index (Phi) is 4.50. The minimum atomic E-state index is -0.295. The maximum absolute atomic E-state index is 12.3. The molecular formula is C20H17N3O2S. The number of anilines is 1. The highest BCUT2D eigenvalue weighted by Crippen LogP contribution is 2.23. The summed E-state index contributed by atoms with van der Waals surface area (Å²) in [5, 5.41) is 6.48. The van der Waals surface area contributed by atoms with E-state index in [9.17, 15) is 9.59 Å². The number of carbonyl (C=O) groups excluding carboxylic acids is 2. The van der Waals surface area contributed by atoms with Crippen LogP contribution >= 0.6 is 11.3 Å². The average Bonchev–Trinajstić information content (AvgIpc) is 3.35. The number of nitrogens with zero attached hydrogens (tertiary/aromatic N) is 1. The predicted molar refractivity (Wildman–Crippen MR) is 104 cm³/mol. The Hall–Kier alpha value is -2.99. The number of benzene rings is 2. The van der Waals surface area contributed by atoms with Crippen molar-refractivity contribution in [2.75, 3.05) is 5.32 Å². The molecule has 0 spiro atoms. The van der Waals surface area contributed by atoms with Crippen molar-refractivity contribution in [2.45, 2.75) is 18.9 Å². The summed E-state index contributed by atoms with van der Waals surface area (Å²) >= 11 is 1.53. The molecule has 130 valence electrons. The molecule has 1 heterocycles. The summed E-state index contributed by atoms with van der Waals surface area (Å²) < 4.78 is 1.08. The Balaban J connectivity index is 1.46. The first kappa shape index (κ1) is 16.5. The van der Waals surface area contributed by atoms with Crippen LogP contribution in [0.5, 0.6) is 0 Å². The van der Waals surface area contributed by atoms with Gasteiger partial charge in [-0.2, -0.15) is 0 Å². The molecule has 6 heteroatoms. The van der Waals surface area contributed by atoms with Crippen LogP contribution in [0.15, 0.2) is 54.6 Å². The molecule has 26 heavy (non-hydrogen) atoms. The summed E-state index contributed by atoms with van der Waals surface area (Å²) in [6, 6.07) is 15.1. The van der Waals surface area contributed by atoms with Gasteiger partial charge in [0.25, 0.3) is 5.91 Å².